The number of aliphatic hydroxyl groups is 2. The van der Waals surface area contributed by atoms with Crippen LogP contribution in [-0.2, 0) is 20.9 Å². The number of carbonyl (C=O) groups excluding carboxylic acids is 1. The van der Waals surface area contributed by atoms with Crippen LogP contribution >= 0.6 is 0 Å². The van der Waals surface area contributed by atoms with Crippen molar-refractivity contribution >= 4 is 5.91 Å². The summed E-state index contributed by atoms with van der Waals surface area (Å²) >= 11 is 0. The predicted molar refractivity (Wildman–Crippen MR) is 130 cm³/mol. The number of nitrogens with zero attached hydrogens (tertiary/aromatic N) is 2. The van der Waals surface area contributed by atoms with Crippen LogP contribution in [0.25, 0.3) is 11.1 Å². The molecule has 1 saturated heterocycles. The summed E-state index contributed by atoms with van der Waals surface area (Å²) in [5.41, 5.74) is 2.62. The Morgan fingerprint density at radius 1 is 1.25 bits per heavy atom. The number of ether oxygens (including phenoxy) is 2. The Hall–Kier alpha value is -2.63. The van der Waals surface area contributed by atoms with Crippen LogP contribution in [0.1, 0.15) is 43.5 Å². The Labute approximate surface area is 211 Å². The fourth-order valence-electron chi connectivity index (χ4n) is 4.45. The summed E-state index contributed by atoms with van der Waals surface area (Å²) < 4.78 is 25.1. The molecular weight excluding hydrogens is 469 g/mol. The van der Waals surface area contributed by atoms with Gasteiger partial charge in [-0.1, -0.05) is 24.3 Å². The van der Waals surface area contributed by atoms with E-state index >= 15 is 0 Å². The van der Waals surface area contributed by atoms with Gasteiger partial charge >= 0.3 is 0 Å². The quantitative estimate of drug-likeness (QED) is 0.271. The average Bonchev–Trinajstić information content (AvgIpc) is 2.86. The first-order chi connectivity index (χ1) is 17.2. The minimum absolute atomic E-state index is 0.0630. The van der Waals surface area contributed by atoms with Gasteiger partial charge in [0.15, 0.2) is 6.29 Å². The van der Waals surface area contributed by atoms with E-state index in [-0.39, 0.29) is 31.1 Å². The molecule has 198 valence electrons. The molecule has 3 rings (SSSR count). The normalized spacial score (nSPS) is 21.8. The topological polar surface area (TPSA) is 115 Å². The third-order valence-corrected chi connectivity index (χ3v) is 6.56. The second kappa shape index (κ2) is 13.1. The van der Waals surface area contributed by atoms with Gasteiger partial charge in [0, 0.05) is 43.3 Å². The monoisotopic (exact) mass is 506 g/mol. The van der Waals surface area contributed by atoms with E-state index in [2.05, 4.69) is 5.32 Å². The molecule has 36 heavy (non-hydrogen) atoms. The standard InChI is InChI=1S/C26H36FN3O6/c1-17-12-22(13-25(32)36-17)29(2)11-10-24(31)28-23(14-27)26(33)19-6-4-18(5-7-19)20-8-9-21(16-35-3)30(34)15-20/h4-9,15,17,22-23,25-26,32-33H,10-14,16H2,1-3H3,(H-,28,31,34)/p+1/t17-,22+,23-,25-,26-/m1/s1. The number of alkyl halides is 1. The zero-order valence-electron chi connectivity index (χ0n) is 21.0. The summed E-state index contributed by atoms with van der Waals surface area (Å²) in [5.74, 6) is -0.357. The molecule has 1 aliphatic rings. The Morgan fingerprint density at radius 2 is 1.94 bits per heavy atom. The maximum atomic E-state index is 13.8. The Morgan fingerprint density at radius 3 is 2.56 bits per heavy atom. The summed E-state index contributed by atoms with van der Waals surface area (Å²) in [7, 11) is 3.43. The van der Waals surface area contributed by atoms with Gasteiger partial charge in [0.1, 0.15) is 19.4 Å². The molecule has 4 N–H and O–H groups in total. The van der Waals surface area contributed by atoms with Gasteiger partial charge in [0.2, 0.25) is 12.1 Å². The third-order valence-electron chi connectivity index (χ3n) is 6.56. The van der Waals surface area contributed by atoms with Crippen molar-refractivity contribution in [2.45, 2.75) is 63.4 Å². The summed E-state index contributed by atoms with van der Waals surface area (Å²) in [6.45, 7) is 1.69. The van der Waals surface area contributed by atoms with Crippen LogP contribution in [0.3, 0.4) is 0 Å². The highest BCUT2D eigenvalue weighted by atomic mass is 19.1. The Balaban J connectivity index is 1.55. The molecule has 10 heteroatoms. The molecule has 5 atom stereocenters. The number of benzene rings is 1. The molecule has 1 aliphatic heterocycles. The lowest BCUT2D eigenvalue weighted by Crippen LogP contribution is -2.45. The summed E-state index contributed by atoms with van der Waals surface area (Å²) in [6, 6.07) is 9.48. The molecule has 9 nitrogen and oxygen atoms in total. The van der Waals surface area contributed by atoms with E-state index in [4.69, 9.17) is 9.47 Å². The van der Waals surface area contributed by atoms with E-state index < -0.39 is 25.1 Å². The van der Waals surface area contributed by atoms with Crippen molar-refractivity contribution in [2.75, 3.05) is 27.4 Å². The predicted octanol–water partition coefficient (Wildman–Crippen LogP) is 1.72. The van der Waals surface area contributed by atoms with Crippen LogP contribution in [0.15, 0.2) is 42.6 Å². The van der Waals surface area contributed by atoms with Gasteiger partial charge in [-0.05, 0) is 37.6 Å². The van der Waals surface area contributed by atoms with Gasteiger partial charge < -0.3 is 29.9 Å². The molecule has 2 heterocycles. The summed E-state index contributed by atoms with van der Waals surface area (Å²) in [5, 5.41) is 33.2. The van der Waals surface area contributed by atoms with Crippen molar-refractivity contribution in [2.24, 2.45) is 0 Å². The number of pyridine rings is 1. The van der Waals surface area contributed by atoms with Crippen molar-refractivity contribution in [3.63, 3.8) is 0 Å². The maximum Gasteiger partial charge on any atom is 0.259 e. The van der Waals surface area contributed by atoms with E-state index in [1.54, 1.807) is 43.6 Å². The highest BCUT2D eigenvalue weighted by Gasteiger charge is 2.29. The molecule has 0 saturated carbocycles. The fourth-order valence-corrected chi connectivity index (χ4v) is 4.45. The number of nitrogens with one attached hydrogen (secondary N) is 1. The highest BCUT2D eigenvalue weighted by Crippen LogP contribution is 2.24. The molecule has 0 aliphatic carbocycles. The van der Waals surface area contributed by atoms with Gasteiger partial charge in [0.25, 0.3) is 5.69 Å². The lowest BCUT2D eigenvalue weighted by Gasteiger charge is -2.36. The second-order valence-corrected chi connectivity index (χ2v) is 9.34. The number of halogens is 1. The van der Waals surface area contributed by atoms with Crippen molar-refractivity contribution in [3.8, 4) is 11.1 Å². The van der Waals surface area contributed by atoms with Crippen LogP contribution in [-0.4, -0.2) is 78.1 Å². The molecule has 0 radical (unpaired) electrons. The van der Waals surface area contributed by atoms with E-state index in [1.165, 1.54) is 0 Å². The van der Waals surface area contributed by atoms with Crippen LogP contribution in [0.4, 0.5) is 4.39 Å². The van der Waals surface area contributed by atoms with Gasteiger partial charge in [0.05, 0.1) is 17.7 Å². The van der Waals surface area contributed by atoms with Gasteiger partial charge in [-0.3, -0.25) is 10.0 Å². The Kier molecular flexibility index (Phi) is 10.1. The number of aliphatic hydroxyl groups excluding tert-OH is 2. The first-order valence-corrected chi connectivity index (χ1v) is 12.1. The minimum Gasteiger partial charge on any atom is -0.386 e. The van der Waals surface area contributed by atoms with Crippen molar-refractivity contribution in [3.05, 3.63) is 53.9 Å². The fraction of sp³-hybridized carbons (Fsp3) is 0.538. The number of amides is 1. The lowest BCUT2D eigenvalue weighted by atomic mass is 9.99. The smallest absolute Gasteiger partial charge is 0.259 e. The molecule has 1 aromatic carbocycles. The van der Waals surface area contributed by atoms with Crippen LogP contribution in [0.5, 0.6) is 0 Å². The largest absolute Gasteiger partial charge is 0.386 e. The lowest BCUT2D eigenvalue weighted by molar-refractivity contribution is -0.910. The van der Waals surface area contributed by atoms with Crippen LogP contribution in [0, 0.1) is 0 Å². The summed E-state index contributed by atoms with van der Waals surface area (Å²) in [4.78, 5) is 14.5. The van der Waals surface area contributed by atoms with E-state index in [0.717, 1.165) is 22.3 Å². The molecule has 1 fully saturated rings. The van der Waals surface area contributed by atoms with E-state index in [9.17, 15) is 24.6 Å². The number of aromatic nitrogens is 1. The molecule has 1 amide bonds. The van der Waals surface area contributed by atoms with E-state index in [0.29, 0.717) is 24.2 Å². The first kappa shape index (κ1) is 27.9. The van der Waals surface area contributed by atoms with Gasteiger partial charge in [-0.25, -0.2) is 4.39 Å². The highest BCUT2D eigenvalue weighted by molar-refractivity contribution is 5.76. The zero-order chi connectivity index (χ0) is 26.2. The molecule has 2 aromatic rings. The number of rotatable bonds is 11. The van der Waals surface area contributed by atoms with E-state index in [1.807, 2.05) is 24.9 Å². The number of methoxy groups -OCH3 is 1. The molecule has 0 bridgehead atoms. The van der Waals surface area contributed by atoms with Crippen molar-refractivity contribution in [1.29, 1.82) is 0 Å². The molecular formula is C26H37FN3O6+. The van der Waals surface area contributed by atoms with Crippen molar-refractivity contribution in [1.82, 2.24) is 10.2 Å². The SMILES string of the molecule is COCc1ccc(-c2ccc([C@@H](O)[C@@H](CF)NC(=O)CCN(C)[C@H]3C[C@@H](C)O[C@@H](O)C3)cc2)c[n+]1O. The maximum absolute atomic E-state index is 13.8. The van der Waals surface area contributed by atoms with Crippen LogP contribution < -0.4 is 10.0 Å². The Bertz CT molecular complexity index is 982. The first-order valence-electron chi connectivity index (χ1n) is 12.1. The number of carbonyl (C=O) groups is 1. The van der Waals surface area contributed by atoms with Gasteiger partial charge in [-0.2, -0.15) is 0 Å². The van der Waals surface area contributed by atoms with Gasteiger partial charge in [-0.15, -0.1) is 0 Å². The number of hydrogen-bond acceptors (Lipinski definition) is 7. The molecule has 0 unspecified atom stereocenters. The summed E-state index contributed by atoms with van der Waals surface area (Å²) in [6.07, 6.45) is 0.832. The molecule has 1 aromatic heterocycles. The second-order valence-electron chi connectivity index (χ2n) is 9.34. The third kappa shape index (κ3) is 7.44. The number of hydrogen-bond donors (Lipinski definition) is 4. The van der Waals surface area contributed by atoms with Crippen LogP contribution in [0.2, 0.25) is 0 Å². The minimum atomic E-state index is -1.22. The molecule has 0 spiro atoms. The zero-order valence-corrected chi connectivity index (χ0v) is 21.0. The van der Waals surface area contributed by atoms with Crippen molar-refractivity contribution < 1.29 is 38.8 Å². The average molecular weight is 507 g/mol.